The zero-order chi connectivity index (χ0) is 8.60. The third kappa shape index (κ3) is 1.31. The predicted molar refractivity (Wildman–Crippen MR) is 60.3 cm³/mol. The Kier molecular flexibility index (Phi) is 2.66. The van der Waals surface area contributed by atoms with Crippen molar-refractivity contribution in [1.82, 2.24) is 3.11 Å². The van der Waals surface area contributed by atoms with Gasteiger partial charge in [-0.3, -0.25) is 0 Å². The van der Waals surface area contributed by atoms with Gasteiger partial charge in [0.1, 0.15) is 0 Å². The normalized spacial score (nSPS) is 36.0. The molecule has 1 heterocycles. The number of piperidine rings is 1. The van der Waals surface area contributed by atoms with Gasteiger partial charge in [-0.2, -0.15) is 0 Å². The SMILES string of the molecule is C[C@@H]1CCCN(I)C12CCCC2. The molecule has 0 radical (unpaired) electrons. The highest BCUT2D eigenvalue weighted by molar-refractivity contribution is 14.1. The number of rotatable bonds is 0. The Hall–Kier alpha value is 0.690. The Morgan fingerprint density at radius 3 is 2.50 bits per heavy atom. The van der Waals surface area contributed by atoms with E-state index in [9.17, 15) is 0 Å². The van der Waals surface area contributed by atoms with Crippen LogP contribution in [0.2, 0.25) is 0 Å². The Balaban J connectivity index is 2.16. The topological polar surface area (TPSA) is 3.24 Å². The smallest absolute Gasteiger partial charge is 0.0330 e. The van der Waals surface area contributed by atoms with Crippen molar-refractivity contribution in [3.63, 3.8) is 0 Å². The van der Waals surface area contributed by atoms with Crippen LogP contribution >= 0.6 is 22.9 Å². The summed E-state index contributed by atoms with van der Waals surface area (Å²) in [5, 5.41) is 0. The Labute approximate surface area is 89.4 Å². The summed E-state index contributed by atoms with van der Waals surface area (Å²) in [6.45, 7) is 3.78. The third-order valence-corrected chi connectivity index (χ3v) is 5.30. The second-order valence-electron chi connectivity index (χ2n) is 4.44. The van der Waals surface area contributed by atoms with Gasteiger partial charge < -0.3 is 0 Å². The van der Waals surface area contributed by atoms with E-state index in [0.29, 0.717) is 5.54 Å². The van der Waals surface area contributed by atoms with Crippen molar-refractivity contribution in [3.8, 4) is 0 Å². The minimum atomic E-state index is 0.610. The minimum Gasteiger partial charge on any atom is -0.241 e. The molecule has 2 aliphatic rings. The molecule has 1 aliphatic carbocycles. The van der Waals surface area contributed by atoms with Crippen LogP contribution in [0.1, 0.15) is 45.4 Å². The van der Waals surface area contributed by atoms with Gasteiger partial charge >= 0.3 is 0 Å². The van der Waals surface area contributed by atoms with Crippen LogP contribution < -0.4 is 0 Å². The molecule has 1 saturated carbocycles. The highest BCUT2D eigenvalue weighted by Crippen LogP contribution is 2.46. The van der Waals surface area contributed by atoms with E-state index in [1.165, 1.54) is 45.1 Å². The van der Waals surface area contributed by atoms with Gasteiger partial charge in [-0.15, -0.1) is 0 Å². The zero-order valence-corrected chi connectivity index (χ0v) is 10.0. The molecule has 2 rings (SSSR count). The summed E-state index contributed by atoms with van der Waals surface area (Å²) in [6.07, 6.45) is 8.70. The van der Waals surface area contributed by atoms with Crippen molar-refractivity contribution >= 4 is 22.9 Å². The van der Waals surface area contributed by atoms with E-state index in [1.54, 1.807) is 0 Å². The zero-order valence-electron chi connectivity index (χ0n) is 7.85. The van der Waals surface area contributed by atoms with Crippen LogP contribution in [0.25, 0.3) is 0 Å². The Morgan fingerprint density at radius 2 is 1.92 bits per heavy atom. The summed E-state index contributed by atoms with van der Waals surface area (Å²) in [6, 6.07) is 0. The summed E-state index contributed by atoms with van der Waals surface area (Å²) in [4.78, 5) is 0. The summed E-state index contributed by atoms with van der Waals surface area (Å²) in [7, 11) is 0. The lowest BCUT2D eigenvalue weighted by Gasteiger charge is -2.46. The number of nitrogens with zero attached hydrogens (tertiary/aromatic N) is 1. The molecular weight excluding hydrogens is 261 g/mol. The van der Waals surface area contributed by atoms with Crippen molar-refractivity contribution in [2.24, 2.45) is 5.92 Å². The molecule has 0 unspecified atom stereocenters. The number of hydrogen-bond acceptors (Lipinski definition) is 1. The lowest BCUT2D eigenvalue weighted by molar-refractivity contribution is 0.103. The van der Waals surface area contributed by atoms with Gasteiger partial charge in [-0.25, -0.2) is 3.11 Å². The van der Waals surface area contributed by atoms with E-state index in [2.05, 4.69) is 32.9 Å². The fourth-order valence-corrected chi connectivity index (χ4v) is 4.29. The number of halogens is 1. The van der Waals surface area contributed by atoms with Crippen LogP contribution in [-0.4, -0.2) is 15.2 Å². The molecule has 0 bridgehead atoms. The van der Waals surface area contributed by atoms with Crippen LogP contribution in [0.15, 0.2) is 0 Å². The average Bonchev–Trinajstić information content (AvgIpc) is 2.50. The fourth-order valence-electron chi connectivity index (χ4n) is 2.99. The maximum atomic E-state index is 2.62. The van der Waals surface area contributed by atoms with Crippen LogP contribution in [-0.2, 0) is 0 Å². The molecule has 0 aromatic carbocycles. The molecular formula is C10H18IN. The van der Waals surface area contributed by atoms with Gasteiger partial charge in [0.2, 0.25) is 0 Å². The van der Waals surface area contributed by atoms with Crippen molar-refractivity contribution in [2.75, 3.05) is 6.54 Å². The van der Waals surface area contributed by atoms with Crippen molar-refractivity contribution in [1.29, 1.82) is 0 Å². The first-order valence-electron chi connectivity index (χ1n) is 5.19. The van der Waals surface area contributed by atoms with E-state index < -0.39 is 0 Å². The first-order valence-corrected chi connectivity index (χ1v) is 6.16. The molecule has 12 heavy (non-hydrogen) atoms. The predicted octanol–water partition coefficient (Wildman–Crippen LogP) is 3.38. The second kappa shape index (κ2) is 3.45. The molecule has 0 aromatic heterocycles. The summed E-state index contributed by atoms with van der Waals surface area (Å²) in [5.74, 6) is 0.936. The van der Waals surface area contributed by atoms with E-state index >= 15 is 0 Å². The Bertz CT molecular complexity index is 151. The molecule has 1 saturated heterocycles. The second-order valence-corrected chi connectivity index (χ2v) is 5.60. The van der Waals surface area contributed by atoms with Crippen molar-refractivity contribution in [3.05, 3.63) is 0 Å². The van der Waals surface area contributed by atoms with E-state index in [-0.39, 0.29) is 0 Å². The summed E-state index contributed by atoms with van der Waals surface area (Å²) >= 11 is 2.56. The van der Waals surface area contributed by atoms with Crippen molar-refractivity contribution < 1.29 is 0 Å². The largest absolute Gasteiger partial charge is 0.241 e. The average molecular weight is 279 g/mol. The highest BCUT2D eigenvalue weighted by atomic mass is 127. The van der Waals surface area contributed by atoms with Gasteiger partial charge in [-0.1, -0.05) is 19.8 Å². The highest BCUT2D eigenvalue weighted by Gasteiger charge is 2.44. The van der Waals surface area contributed by atoms with Crippen molar-refractivity contribution in [2.45, 2.75) is 51.0 Å². The summed E-state index contributed by atoms with van der Waals surface area (Å²) in [5.41, 5.74) is 0.610. The third-order valence-electron chi connectivity index (χ3n) is 3.86. The van der Waals surface area contributed by atoms with E-state index in [4.69, 9.17) is 0 Å². The van der Waals surface area contributed by atoms with Gasteiger partial charge in [-0.05, 0) is 31.6 Å². The molecule has 1 atom stereocenters. The summed E-state index contributed by atoms with van der Waals surface area (Å²) < 4.78 is 2.62. The Morgan fingerprint density at radius 1 is 1.25 bits per heavy atom. The van der Waals surface area contributed by atoms with Crippen LogP contribution in [0.5, 0.6) is 0 Å². The standard InChI is InChI=1S/C10H18IN/c1-9-5-4-8-12(11)10(9)6-2-3-7-10/h9H,2-8H2,1H3/t9-/m1/s1. The molecule has 2 heteroatoms. The first-order chi connectivity index (χ1) is 5.76. The van der Waals surface area contributed by atoms with Gasteiger partial charge in [0, 0.05) is 34.9 Å². The lowest BCUT2D eigenvalue weighted by Crippen LogP contribution is -2.49. The first kappa shape index (κ1) is 9.25. The maximum Gasteiger partial charge on any atom is 0.0330 e. The van der Waals surface area contributed by atoms with E-state index in [0.717, 1.165) is 5.92 Å². The lowest BCUT2D eigenvalue weighted by atomic mass is 9.78. The molecule has 1 spiro atoms. The van der Waals surface area contributed by atoms with Gasteiger partial charge in [0.05, 0.1) is 0 Å². The van der Waals surface area contributed by atoms with Gasteiger partial charge in [0.15, 0.2) is 0 Å². The van der Waals surface area contributed by atoms with E-state index in [1.807, 2.05) is 0 Å². The monoisotopic (exact) mass is 279 g/mol. The quantitative estimate of drug-likeness (QED) is 0.485. The van der Waals surface area contributed by atoms with Crippen LogP contribution in [0, 0.1) is 5.92 Å². The van der Waals surface area contributed by atoms with Crippen LogP contribution in [0.3, 0.4) is 0 Å². The molecule has 2 fully saturated rings. The fraction of sp³-hybridized carbons (Fsp3) is 1.00. The van der Waals surface area contributed by atoms with Crippen LogP contribution in [0.4, 0.5) is 0 Å². The number of hydrogen-bond donors (Lipinski definition) is 0. The molecule has 0 N–H and O–H groups in total. The maximum absolute atomic E-state index is 2.62. The molecule has 1 aliphatic heterocycles. The molecule has 0 amide bonds. The van der Waals surface area contributed by atoms with Gasteiger partial charge in [0.25, 0.3) is 0 Å². The molecule has 70 valence electrons. The minimum absolute atomic E-state index is 0.610. The molecule has 0 aromatic rings. The molecule has 1 nitrogen and oxygen atoms in total.